The molecule has 22 heavy (non-hydrogen) atoms. The lowest BCUT2D eigenvalue weighted by Gasteiger charge is -2.22. The summed E-state index contributed by atoms with van der Waals surface area (Å²) in [4.78, 5) is 23.7. The van der Waals surface area contributed by atoms with Gasteiger partial charge in [0.2, 0.25) is 0 Å². The van der Waals surface area contributed by atoms with E-state index in [1.165, 1.54) is 0 Å². The fourth-order valence-corrected chi connectivity index (χ4v) is 1.82. The quantitative estimate of drug-likeness (QED) is 0.568. The lowest BCUT2D eigenvalue weighted by Crippen LogP contribution is -2.46. The molecule has 0 aliphatic heterocycles. The number of benzene rings is 1. The Morgan fingerprint density at radius 3 is 2.45 bits per heavy atom. The summed E-state index contributed by atoms with van der Waals surface area (Å²) in [5, 5.41) is 12.7. The molecule has 0 heterocycles. The molecule has 0 saturated heterocycles. The molecule has 0 aromatic heterocycles. The van der Waals surface area contributed by atoms with E-state index in [2.05, 4.69) is 5.32 Å². The lowest BCUT2D eigenvalue weighted by molar-refractivity contribution is -0.148. The van der Waals surface area contributed by atoms with E-state index in [0.29, 0.717) is 5.56 Å². The number of unbranched alkanes of at least 4 members (excludes halogenated alkanes) is 1. The van der Waals surface area contributed by atoms with E-state index >= 15 is 0 Å². The molecule has 0 saturated carbocycles. The van der Waals surface area contributed by atoms with Crippen LogP contribution in [-0.4, -0.2) is 36.4 Å². The molecule has 6 nitrogen and oxygen atoms in total. The van der Waals surface area contributed by atoms with Crippen LogP contribution in [0.2, 0.25) is 0 Å². The van der Waals surface area contributed by atoms with Crippen molar-refractivity contribution >= 4 is 12.1 Å². The minimum Gasteiger partial charge on any atom is -0.464 e. The Labute approximate surface area is 130 Å². The van der Waals surface area contributed by atoms with E-state index in [-0.39, 0.29) is 13.2 Å². The molecule has 1 aromatic rings. The van der Waals surface area contributed by atoms with Crippen LogP contribution in [0.25, 0.3) is 0 Å². The third kappa shape index (κ3) is 5.73. The highest BCUT2D eigenvalue weighted by Gasteiger charge is 2.31. The molecule has 0 radical (unpaired) electrons. The Hall–Kier alpha value is -2.08. The number of alkyl carbamates (subject to hydrolysis) is 1. The van der Waals surface area contributed by atoms with E-state index in [0.717, 1.165) is 12.8 Å². The predicted molar refractivity (Wildman–Crippen MR) is 81.2 cm³/mol. The topological polar surface area (TPSA) is 84.9 Å². The van der Waals surface area contributed by atoms with Crippen molar-refractivity contribution in [1.82, 2.24) is 5.32 Å². The van der Waals surface area contributed by atoms with Gasteiger partial charge >= 0.3 is 12.1 Å². The Morgan fingerprint density at radius 1 is 1.18 bits per heavy atom. The van der Waals surface area contributed by atoms with E-state index < -0.39 is 24.2 Å². The first-order chi connectivity index (χ1) is 10.6. The average Bonchev–Trinajstić information content (AvgIpc) is 2.53. The number of aliphatic hydroxyl groups excluding tert-OH is 1. The molecule has 0 aliphatic rings. The Kier molecular flexibility index (Phi) is 7.99. The van der Waals surface area contributed by atoms with Crippen LogP contribution in [0.3, 0.4) is 0 Å². The molecule has 122 valence electrons. The maximum Gasteiger partial charge on any atom is 0.407 e. The van der Waals surface area contributed by atoms with Gasteiger partial charge in [-0.1, -0.05) is 43.7 Å². The molecule has 1 rings (SSSR count). The van der Waals surface area contributed by atoms with Crippen molar-refractivity contribution in [2.75, 3.05) is 13.2 Å². The summed E-state index contributed by atoms with van der Waals surface area (Å²) in [6.45, 7) is 4.05. The number of hydrogen-bond acceptors (Lipinski definition) is 5. The summed E-state index contributed by atoms with van der Waals surface area (Å²) < 4.78 is 9.86. The van der Waals surface area contributed by atoms with Gasteiger partial charge in [-0.25, -0.2) is 9.59 Å². The highest BCUT2D eigenvalue weighted by molar-refractivity contribution is 5.82. The predicted octanol–water partition coefficient (Wildman–Crippen LogP) is 2.18. The Bertz CT molecular complexity index is 463. The van der Waals surface area contributed by atoms with Gasteiger partial charge in [0.15, 0.2) is 6.04 Å². The third-order valence-corrected chi connectivity index (χ3v) is 3.00. The van der Waals surface area contributed by atoms with Gasteiger partial charge in [0.05, 0.1) is 13.2 Å². The number of ether oxygens (including phenoxy) is 2. The number of amides is 1. The molecular weight excluding hydrogens is 286 g/mol. The summed E-state index contributed by atoms with van der Waals surface area (Å²) in [5.41, 5.74) is 0.509. The fourth-order valence-electron chi connectivity index (χ4n) is 1.82. The van der Waals surface area contributed by atoms with Crippen molar-refractivity contribution in [3.05, 3.63) is 35.9 Å². The van der Waals surface area contributed by atoms with Crippen LogP contribution < -0.4 is 5.32 Å². The second-order valence-electron chi connectivity index (χ2n) is 4.72. The number of carbonyl (C=O) groups is 2. The van der Waals surface area contributed by atoms with Crippen molar-refractivity contribution in [2.24, 2.45) is 0 Å². The van der Waals surface area contributed by atoms with Gasteiger partial charge in [-0.2, -0.15) is 0 Å². The molecular formula is C16H23NO5. The van der Waals surface area contributed by atoms with Crippen molar-refractivity contribution < 1.29 is 24.2 Å². The second kappa shape index (κ2) is 9.78. The van der Waals surface area contributed by atoms with Gasteiger partial charge in [-0.15, -0.1) is 0 Å². The monoisotopic (exact) mass is 309 g/mol. The van der Waals surface area contributed by atoms with Gasteiger partial charge in [0, 0.05) is 0 Å². The van der Waals surface area contributed by atoms with Crippen LogP contribution in [0.4, 0.5) is 4.79 Å². The van der Waals surface area contributed by atoms with E-state index in [1.54, 1.807) is 37.3 Å². The molecule has 2 N–H and O–H groups in total. The van der Waals surface area contributed by atoms with E-state index in [1.807, 2.05) is 6.92 Å². The summed E-state index contributed by atoms with van der Waals surface area (Å²) in [7, 11) is 0. The smallest absolute Gasteiger partial charge is 0.407 e. The molecule has 6 heteroatoms. The Morgan fingerprint density at radius 2 is 1.86 bits per heavy atom. The molecule has 2 atom stereocenters. The van der Waals surface area contributed by atoms with Crippen LogP contribution in [0.5, 0.6) is 0 Å². The number of nitrogens with one attached hydrogen (secondary N) is 1. The van der Waals surface area contributed by atoms with Gasteiger partial charge in [0.1, 0.15) is 6.10 Å². The normalized spacial score (nSPS) is 13.0. The highest BCUT2D eigenvalue weighted by atomic mass is 16.6. The largest absolute Gasteiger partial charge is 0.464 e. The molecule has 1 aromatic carbocycles. The van der Waals surface area contributed by atoms with Crippen molar-refractivity contribution in [3.63, 3.8) is 0 Å². The minimum atomic E-state index is -1.21. The minimum absolute atomic E-state index is 0.156. The van der Waals surface area contributed by atoms with Crippen LogP contribution >= 0.6 is 0 Å². The van der Waals surface area contributed by atoms with Crippen molar-refractivity contribution in [3.8, 4) is 0 Å². The van der Waals surface area contributed by atoms with Gasteiger partial charge < -0.3 is 19.9 Å². The SMILES string of the molecule is CCCCOC(=O)NC(C(=O)OCC)C(O)c1ccccc1. The maximum absolute atomic E-state index is 12.0. The zero-order valence-electron chi connectivity index (χ0n) is 13.0. The molecule has 0 aliphatic carbocycles. The first-order valence-corrected chi connectivity index (χ1v) is 7.43. The first-order valence-electron chi connectivity index (χ1n) is 7.43. The zero-order chi connectivity index (χ0) is 16.4. The summed E-state index contributed by atoms with van der Waals surface area (Å²) in [6, 6.07) is 7.39. The standard InChI is InChI=1S/C16H23NO5/c1-3-5-11-22-16(20)17-13(15(19)21-4-2)14(18)12-9-7-6-8-10-12/h6-10,13-14,18H,3-5,11H2,1-2H3,(H,17,20). The van der Waals surface area contributed by atoms with Crippen LogP contribution in [0, 0.1) is 0 Å². The number of esters is 1. The number of carbonyl (C=O) groups excluding carboxylic acids is 2. The lowest BCUT2D eigenvalue weighted by atomic mass is 10.0. The molecule has 1 amide bonds. The van der Waals surface area contributed by atoms with Crippen LogP contribution in [0.1, 0.15) is 38.4 Å². The first kappa shape index (κ1) is 18.0. The number of aliphatic hydroxyl groups is 1. The number of rotatable bonds is 8. The third-order valence-electron chi connectivity index (χ3n) is 3.00. The van der Waals surface area contributed by atoms with Crippen molar-refractivity contribution in [1.29, 1.82) is 0 Å². The zero-order valence-corrected chi connectivity index (χ0v) is 13.0. The molecule has 0 bridgehead atoms. The summed E-state index contributed by atoms with van der Waals surface area (Å²) in [6.07, 6.45) is -0.333. The summed E-state index contributed by atoms with van der Waals surface area (Å²) >= 11 is 0. The molecule has 0 spiro atoms. The van der Waals surface area contributed by atoms with Crippen LogP contribution in [0.15, 0.2) is 30.3 Å². The van der Waals surface area contributed by atoms with Gasteiger partial charge in [0.25, 0.3) is 0 Å². The number of hydrogen-bond donors (Lipinski definition) is 2. The van der Waals surface area contributed by atoms with E-state index in [9.17, 15) is 14.7 Å². The fraction of sp³-hybridized carbons (Fsp3) is 0.500. The maximum atomic E-state index is 12.0. The average molecular weight is 309 g/mol. The van der Waals surface area contributed by atoms with E-state index in [4.69, 9.17) is 9.47 Å². The van der Waals surface area contributed by atoms with Gasteiger partial charge in [-0.05, 0) is 18.9 Å². The Balaban J connectivity index is 2.75. The molecule has 2 unspecified atom stereocenters. The second-order valence-corrected chi connectivity index (χ2v) is 4.72. The highest BCUT2D eigenvalue weighted by Crippen LogP contribution is 2.17. The van der Waals surface area contributed by atoms with Crippen molar-refractivity contribution in [2.45, 2.75) is 38.8 Å². The van der Waals surface area contributed by atoms with Gasteiger partial charge in [-0.3, -0.25) is 0 Å². The molecule has 0 fully saturated rings. The summed E-state index contributed by atoms with van der Waals surface area (Å²) in [5.74, 6) is -0.703. The van der Waals surface area contributed by atoms with Crippen LogP contribution in [-0.2, 0) is 14.3 Å².